The average Bonchev–Trinajstić information content (AvgIpc) is 3.09. The number of carbonyl (C=O) groups excluding carboxylic acids is 1. The normalized spacial score (nSPS) is 19.3. The van der Waals surface area contributed by atoms with Crippen LogP contribution in [0.1, 0.15) is 29.4 Å². The van der Waals surface area contributed by atoms with Gasteiger partial charge in [-0.3, -0.25) is 9.69 Å². The van der Waals surface area contributed by atoms with E-state index < -0.39 is 9.84 Å². The Hall–Kier alpha value is -1.12. The molecule has 1 aliphatic heterocycles. The Morgan fingerprint density at radius 3 is 2.86 bits per heavy atom. The van der Waals surface area contributed by atoms with Crippen molar-refractivity contribution in [3.8, 4) is 5.75 Å². The molecule has 1 aliphatic rings. The van der Waals surface area contributed by atoms with Crippen LogP contribution in [0, 0.1) is 0 Å². The lowest BCUT2D eigenvalue weighted by molar-refractivity contribution is 0.0942. The fourth-order valence-electron chi connectivity index (χ4n) is 2.68. The quantitative estimate of drug-likeness (QED) is 0.842. The van der Waals surface area contributed by atoms with Crippen LogP contribution in [-0.2, 0) is 9.84 Å². The van der Waals surface area contributed by atoms with Gasteiger partial charge in [-0.05, 0) is 25.9 Å². The first-order valence-corrected chi connectivity index (χ1v) is 9.97. The number of sulfone groups is 1. The molecule has 2 heterocycles. The monoisotopic (exact) mass is 346 g/mol. The first kappa shape index (κ1) is 17.2. The molecule has 1 amide bonds. The number of hydrogen-bond donors (Lipinski definition) is 1. The molecule has 6 nitrogen and oxygen atoms in total. The average molecular weight is 346 g/mol. The fourth-order valence-corrected chi connectivity index (χ4v) is 4.63. The summed E-state index contributed by atoms with van der Waals surface area (Å²) >= 11 is 0.950. The second-order valence-electron chi connectivity index (χ2n) is 5.37. The minimum atomic E-state index is -3.34. The maximum atomic E-state index is 12.3. The van der Waals surface area contributed by atoms with Crippen LogP contribution >= 0.6 is 11.3 Å². The molecule has 0 bridgehead atoms. The van der Waals surface area contributed by atoms with Gasteiger partial charge in [0.15, 0.2) is 9.84 Å². The van der Waals surface area contributed by atoms with E-state index in [-0.39, 0.29) is 10.1 Å². The summed E-state index contributed by atoms with van der Waals surface area (Å²) < 4.78 is 28.5. The zero-order chi connectivity index (χ0) is 16.3. The topological polar surface area (TPSA) is 75.7 Å². The summed E-state index contributed by atoms with van der Waals surface area (Å²) in [5.74, 6) is 0.0291. The van der Waals surface area contributed by atoms with Crippen molar-refractivity contribution >= 4 is 27.1 Å². The molecular formula is C14H22N2O4S2. The van der Waals surface area contributed by atoms with Crippen LogP contribution in [-0.4, -0.2) is 58.3 Å². The molecular weight excluding hydrogens is 324 g/mol. The number of nitrogens with one attached hydrogen (secondary N) is 1. The summed E-state index contributed by atoms with van der Waals surface area (Å²) in [5.41, 5.74) is 0. The summed E-state index contributed by atoms with van der Waals surface area (Å²) in [5, 5.41) is 2.90. The highest BCUT2D eigenvalue weighted by Gasteiger charge is 2.25. The van der Waals surface area contributed by atoms with Gasteiger partial charge in [-0.1, -0.05) is 6.92 Å². The van der Waals surface area contributed by atoms with Crippen LogP contribution in [0.25, 0.3) is 0 Å². The standard InChI is InChI=1S/C14H22N2O4S2/c1-4-16-7-5-6-10(16)9-15-14(17)13-11(20-2)8-12(21-13)22(3,18)19/h8,10H,4-7,9H2,1-3H3,(H,15,17). The largest absolute Gasteiger partial charge is 0.495 e. The van der Waals surface area contributed by atoms with E-state index in [1.807, 2.05) is 0 Å². The van der Waals surface area contributed by atoms with E-state index >= 15 is 0 Å². The Morgan fingerprint density at radius 2 is 2.27 bits per heavy atom. The van der Waals surface area contributed by atoms with Crippen molar-refractivity contribution in [1.29, 1.82) is 0 Å². The van der Waals surface area contributed by atoms with Crippen LogP contribution < -0.4 is 10.1 Å². The third-order valence-corrected chi connectivity index (χ3v) is 6.79. The van der Waals surface area contributed by atoms with Crippen molar-refractivity contribution in [3.63, 3.8) is 0 Å². The second kappa shape index (κ2) is 6.97. The zero-order valence-corrected chi connectivity index (χ0v) is 14.7. The van der Waals surface area contributed by atoms with Gasteiger partial charge in [0.05, 0.1) is 7.11 Å². The van der Waals surface area contributed by atoms with Crippen molar-refractivity contribution < 1.29 is 17.9 Å². The van der Waals surface area contributed by atoms with Gasteiger partial charge in [-0.25, -0.2) is 8.42 Å². The van der Waals surface area contributed by atoms with Gasteiger partial charge in [-0.2, -0.15) is 0 Å². The molecule has 0 aromatic carbocycles. The van der Waals surface area contributed by atoms with E-state index in [1.54, 1.807) is 0 Å². The Kier molecular flexibility index (Phi) is 5.46. The molecule has 1 aromatic rings. The maximum absolute atomic E-state index is 12.3. The van der Waals surface area contributed by atoms with Crippen molar-refractivity contribution in [3.05, 3.63) is 10.9 Å². The van der Waals surface area contributed by atoms with E-state index in [2.05, 4.69) is 17.1 Å². The van der Waals surface area contributed by atoms with Crippen molar-refractivity contribution in [2.24, 2.45) is 0 Å². The third-order valence-electron chi connectivity index (χ3n) is 3.87. The molecule has 22 heavy (non-hydrogen) atoms. The van der Waals surface area contributed by atoms with Gasteiger partial charge < -0.3 is 10.1 Å². The van der Waals surface area contributed by atoms with Crippen LogP contribution in [0.4, 0.5) is 0 Å². The predicted octanol–water partition coefficient (Wildman–Crippen LogP) is 1.37. The van der Waals surface area contributed by atoms with Crippen molar-refractivity contribution in [2.75, 3.05) is 33.0 Å². The number of rotatable bonds is 6. The molecule has 1 N–H and O–H groups in total. The van der Waals surface area contributed by atoms with Crippen LogP contribution in [0.5, 0.6) is 5.75 Å². The number of hydrogen-bond acceptors (Lipinski definition) is 6. The van der Waals surface area contributed by atoms with Gasteiger partial charge >= 0.3 is 0 Å². The molecule has 1 saturated heterocycles. The number of carbonyl (C=O) groups is 1. The summed E-state index contributed by atoms with van der Waals surface area (Å²) in [6.45, 7) is 4.72. The first-order valence-electron chi connectivity index (χ1n) is 7.27. The van der Waals surface area contributed by atoms with Gasteiger partial charge in [0.25, 0.3) is 5.91 Å². The van der Waals surface area contributed by atoms with E-state index in [9.17, 15) is 13.2 Å². The Balaban J connectivity index is 2.08. The highest BCUT2D eigenvalue weighted by molar-refractivity contribution is 7.92. The minimum absolute atomic E-state index is 0.144. The lowest BCUT2D eigenvalue weighted by Crippen LogP contribution is -2.39. The summed E-state index contributed by atoms with van der Waals surface area (Å²) in [6, 6.07) is 1.76. The number of amides is 1. The zero-order valence-electron chi connectivity index (χ0n) is 13.1. The molecule has 124 valence electrons. The minimum Gasteiger partial charge on any atom is -0.495 e. The molecule has 1 aromatic heterocycles. The first-order chi connectivity index (χ1) is 10.4. The van der Waals surface area contributed by atoms with Crippen molar-refractivity contribution in [1.82, 2.24) is 10.2 Å². The highest BCUT2D eigenvalue weighted by Crippen LogP contribution is 2.32. The van der Waals surface area contributed by atoms with Gasteiger partial charge in [0.2, 0.25) is 0 Å². The number of nitrogens with zero attached hydrogens (tertiary/aromatic N) is 1. The lowest BCUT2D eigenvalue weighted by Gasteiger charge is -2.22. The SMILES string of the molecule is CCN1CCCC1CNC(=O)c1sc(S(C)(=O)=O)cc1OC. The number of likely N-dealkylation sites (N-methyl/N-ethyl adjacent to an activating group) is 1. The number of thiophene rings is 1. The molecule has 1 atom stereocenters. The molecule has 0 spiro atoms. The second-order valence-corrected chi connectivity index (χ2v) is 8.66. The third kappa shape index (κ3) is 3.80. The Labute approximate surface area is 135 Å². The molecule has 0 radical (unpaired) electrons. The van der Waals surface area contributed by atoms with Gasteiger partial charge in [0.1, 0.15) is 14.8 Å². The van der Waals surface area contributed by atoms with Crippen molar-refractivity contribution in [2.45, 2.75) is 30.0 Å². The van der Waals surface area contributed by atoms with E-state index in [1.165, 1.54) is 13.2 Å². The van der Waals surface area contributed by atoms with Crippen LogP contribution in [0.2, 0.25) is 0 Å². The predicted molar refractivity (Wildman–Crippen MR) is 86.6 cm³/mol. The molecule has 8 heteroatoms. The molecule has 1 fully saturated rings. The lowest BCUT2D eigenvalue weighted by atomic mass is 10.2. The van der Waals surface area contributed by atoms with E-state index in [0.29, 0.717) is 23.2 Å². The summed E-state index contributed by atoms with van der Waals surface area (Å²) in [6.07, 6.45) is 3.34. The fraction of sp³-hybridized carbons (Fsp3) is 0.643. The number of likely N-dealkylation sites (tertiary alicyclic amines) is 1. The number of ether oxygens (including phenoxy) is 1. The summed E-state index contributed by atoms with van der Waals surface area (Å²) in [4.78, 5) is 15.0. The Morgan fingerprint density at radius 1 is 1.55 bits per heavy atom. The van der Waals surface area contributed by atoms with E-state index in [4.69, 9.17) is 4.74 Å². The Bertz CT molecular complexity index is 639. The molecule has 0 aliphatic carbocycles. The molecule has 2 rings (SSSR count). The van der Waals surface area contributed by atoms with Gasteiger partial charge in [-0.15, -0.1) is 11.3 Å². The summed E-state index contributed by atoms with van der Waals surface area (Å²) in [7, 11) is -1.91. The van der Waals surface area contributed by atoms with Crippen LogP contribution in [0.15, 0.2) is 10.3 Å². The van der Waals surface area contributed by atoms with Crippen LogP contribution in [0.3, 0.4) is 0 Å². The molecule has 1 unspecified atom stereocenters. The maximum Gasteiger partial charge on any atom is 0.265 e. The highest BCUT2D eigenvalue weighted by atomic mass is 32.2. The smallest absolute Gasteiger partial charge is 0.265 e. The number of methoxy groups -OCH3 is 1. The van der Waals surface area contributed by atoms with Gasteiger partial charge in [0, 0.05) is 24.9 Å². The van der Waals surface area contributed by atoms with E-state index in [0.717, 1.165) is 43.5 Å². The molecule has 0 saturated carbocycles.